The van der Waals surface area contributed by atoms with E-state index >= 15 is 0 Å². The third-order valence-electron chi connectivity index (χ3n) is 3.80. The molecule has 6 heteroatoms. The monoisotopic (exact) mass is 283 g/mol. The second-order valence-corrected chi connectivity index (χ2v) is 5.57. The highest BCUT2D eigenvalue weighted by Gasteiger charge is 2.33. The number of alkyl halides is 3. The molecule has 1 saturated carbocycles. The predicted molar refractivity (Wildman–Crippen MR) is 69.0 cm³/mol. The van der Waals surface area contributed by atoms with Gasteiger partial charge in [-0.15, -0.1) is 0 Å². The van der Waals surface area contributed by atoms with Crippen LogP contribution in [0.1, 0.15) is 43.9 Å². The van der Waals surface area contributed by atoms with Crippen LogP contribution < -0.4 is 5.32 Å². The maximum absolute atomic E-state index is 12.6. The van der Waals surface area contributed by atoms with Gasteiger partial charge in [-0.05, 0) is 30.4 Å². The first kappa shape index (κ1) is 14.6. The summed E-state index contributed by atoms with van der Waals surface area (Å²) in [4.78, 5) is 3.55. The molecule has 0 radical (unpaired) electrons. The van der Waals surface area contributed by atoms with E-state index in [9.17, 15) is 13.2 Å². The number of aromatic nitrogens is 1. The van der Waals surface area contributed by atoms with Gasteiger partial charge in [0.05, 0.1) is 5.56 Å². The molecule has 3 nitrogen and oxygen atoms in total. The minimum atomic E-state index is -4.50. The van der Waals surface area contributed by atoms with E-state index < -0.39 is 11.9 Å². The van der Waals surface area contributed by atoms with Crippen LogP contribution in [-0.2, 0) is 6.18 Å². The highest BCUT2D eigenvalue weighted by molar-refractivity contribution is 5.52. The zero-order chi connectivity index (χ0) is 14.8. The first-order valence-corrected chi connectivity index (χ1v) is 6.56. The SMILES string of the molecule is CC1(CNc2nc(C(F)(F)F)ccc2C#N)CCCC1. The van der Waals surface area contributed by atoms with E-state index in [2.05, 4.69) is 17.2 Å². The van der Waals surface area contributed by atoms with Crippen LogP contribution in [0.15, 0.2) is 12.1 Å². The van der Waals surface area contributed by atoms with E-state index in [1.165, 1.54) is 0 Å². The van der Waals surface area contributed by atoms with Crippen molar-refractivity contribution in [2.24, 2.45) is 5.41 Å². The second-order valence-electron chi connectivity index (χ2n) is 5.57. The van der Waals surface area contributed by atoms with Crippen LogP contribution in [0.5, 0.6) is 0 Å². The van der Waals surface area contributed by atoms with Crippen molar-refractivity contribution in [1.29, 1.82) is 5.26 Å². The zero-order valence-corrected chi connectivity index (χ0v) is 11.2. The molecule has 1 aliphatic rings. The molecule has 1 heterocycles. The number of rotatable bonds is 3. The van der Waals surface area contributed by atoms with Gasteiger partial charge in [0.15, 0.2) is 0 Å². The van der Waals surface area contributed by atoms with Crippen LogP contribution >= 0.6 is 0 Å². The molecular formula is C14H16F3N3. The average Bonchev–Trinajstić information content (AvgIpc) is 2.82. The fraction of sp³-hybridized carbons (Fsp3) is 0.571. The van der Waals surface area contributed by atoms with Gasteiger partial charge in [0.1, 0.15) is 17.6 Å². The summed E-state index contributed by atoms with van der Waals surface area (Å²) in [7, 11) is 0. The smallest absolute Gasteiger partial charge is 0.368 e. The van der Waals surface area contributed by atoms with Gasteiger partial charge >= 0.3 is 6.18 Å². The molecule has 1 aliphatic carbocycles. The molecule has 2 rings (SSSR count). The van der Waals surface area contributed by atoms with Crippen LogP contribution in [0.2, 0.25) is 0 Å². The Morgan fingerprint density at radius 2 is 2.00 bits per heavy atom. The number of nitrogens with one attached hydrogen (secondary N) is 1. The largest absolute Gasteiger partial charge is 0.433 e. The number of pyridine rings is 1. The first-order valence-electron chi connectivity index (χ1n) is 6.56. The fourth-order valence-corrected chi connectivity index (χ4v) is 2.54. The van der Waals surface area contributed by atoms with Gasteiger partial charge in [-0.2, -0.15) is 18.4 Å². The summed E-state index contributed by atoms with van der Waals surface area (Å²) in [5, 5.41) is 11.9. The van der Waals surface area contributed by atoms with Gasteiger partial charge in [0.25, 0.3) is 0 Å². The van der Waals surface area contributed by atoms with Crippen LogP contribution in [-0.4, -0.2) is 11.5 Å². The van der Waals surface area contributed by atoms with Gasteiger partial charge in [0, 0.05) is 6.54 Å². The third-order valence-corrected chi connectivity index (χ3v) is 3.80. The van der Waals surface area contributed by atoms with Crippen LogP contribution in [0.3, 0.4) is 0 Å². The van der Waals surface area contributed by atoms with E-state index in [1.54, 1.807) is 0 Å². The Morgan fingerprint density at radius 1 is 1.35 bits per heavy atom. The van der Waals surface area contributed by atoms with Gasteiger partial charge in [-0.3, -0.25) is 0 Å². The third kappa shape index (κ3) is 3.21. The van der Waals surface area contributed by atoms with Crippen molar-refractivity contribution < 1.29 is 13.2 Å². The topological polar surface area (TPSA) is 48.7 Å². The number of nitrogens with zero attached hydrogens (tertiary/aromatic N) is 2. The Kier molecular flexibility index (Phi) is 3.89. The molecular weight excluding hydrogens is 267 g/mol. The number of hydrogen-bond donors (Lipinski definition) is 1. The molecule has 1 fully saturated rings. The Morgan fingerprint density at radius 3 is 2.55 bits per heavy atom. The molecule has 0 spiro atoms. The Bertz CT molecular complexity index is 525. The molecule has 0 amide bonds. The van der Waals surface area contributed by atoms with Crippen molar-refractivity contribution in [2.75, 3.05) is 11.9 Å². The van der Waals surface area contributed by atoms with Crippen molar-refractivity contribution >= 4 is 5.82 Å². The maximum atomic E-state index is 12.6. The molecule has 1 N–H and O–H groups in total. The normalized spacial score (nSPS) is 17.8. The lowest BCUT2D eigenvalue weighted by molar-refractivity contribution is -0.141. The molecule has 1 aromatic rings. The van der Waals surface area contributed by atoms with Crippen LogP contribution in [0.4, 0.5) is 19.0 Å². The van der Waals surface area contributed by atoms with E-state index in [1.807, 2.05) is 6.07 Å². The quantitative estimate of drug-likeness (QED) is 0.913. The van der Waals surface area contributed by atoms with Crippen molar-refractivity contribution in [3.63, 3.8) is 0 Å². The Balaban J connectivity index is 2.19. The first-order chi connectivity index (χ1) is 9.34. The number of halogens is 3. The van der Waals surface area contributed by atoms with Gasteiger partial charge in [-0.1, -0.05) is 19.8 Å². The van der Waals surface area contributed by atoms with Gasteiger partial charge in [-0.25, -0.2) is 4.98 Å². The molecule has 0 saturated heterocycles. The van der Waals surface area contributed by atoms with Gasteiger partial charge < -0.3 is 5.32 Å². The predicted octanol–water partition coefficient (Wildman–Crippen LogP) is 3.96. The van der Waals surface area contributed by atoms with E-state index in [0.717, 1.165) is 37.8 Å². The van der Waals surface area contributed by atoms with Crippen LogP contribution in [0, 0.1) is 16.7 Å². The minimum Gasteiger partial charge on any atom is -0.368 e. The standard InChI is InChI=1S/C14H16F3N3/c1-13(6-2-3-7-13)9-19-12-10(8-18)4-5-11(20-12)14(15,16)17/h4-5H,2-3,6-7,9H2,1H3,(H,19,20). The number of hydrogen-bond acceptors (Lipinski definition) is 3. The molecule has 1 aromatic heterocycles. The minimum absolute atomic E-state index is 0.0236. The summed E-state index contributed by atoms with van der Waals surface area (Å²) < 4.78 is 37.9. The second kappa shape index (κ2) is 5.31. The summed E-state index contributed by atoms with van der Waals surface area (Å²) in [5.41, 5.74) is -0.766. The molecule has 0 aliphatic heterocycles. The van der Waals surface area contributed by atoms with E-state index in [0.29, 0.717) is 6.54 Å². The molecule has 0 unspecified atom stereocenters. The number of anilines is 1. The maximum Gasteiger partial charge on any atom is 0.433 e. The summed E-state index contributed by atoms with van der Waals surface area (Å²) >= 11 is 0. The molecule has 0 bridgehead atoms. The molecule has 108 valence electrons. The van der Waals surface area contributed by atoms with Crippen LogP contribution in [0.25, 0.3) is 0 Å². The van der Waals surface area contributed by atoms with Crippen molar-refractivity contribution in [2.45, 2.75) is 38.8 Å². The van der Waals surface area contributed by atoms with Gasteiger partial charge in [0.2, 0.25) is 0 Å². The summed E-state index contributed by atoms with van der Waals surface area (Å²) in [6.07, 6.45) is -0.137. The van der Waals surface area contributed by atoms with Crippen molar-refractivity contribution in [3.8, 4) is 6.07 Å². The fourth-order valence-electron chi connectivity index (χ4n) is 2.54. The van der Waals surface area contributed by atoms with E-state index in [4.69, 9.17) is 5.26 Å². The molecule has 20 heavy (non-hydrogen) atoms. The highest BCUT2D eigenvalue weighted by Crippen LogP contribution is 2.37. The van der Waals surface area contributed by atoms with Crippen molar-refractivity contribution in [1.82, 2.24) is 4.98 Å². The lowest BCUT2D eigenvalue weighted by atomic mass is 9.89. The number of nitriles is 1. The Labute approximate surface area is 115 Å². The highest BCUT2D eigenvalue weighted by atomic mass is 19.4. The summed E-state index contributed by atoms with van der Waals surface area (Å²) in [6, 6.07) is 3.87. The summed E-state index contributed by atoms with van der Waals surface area (Å²) in [5.74, 6) is 0.0236. The Hall–Kier alpha value is -1.77. The molecule has 0 aromatic carbocycles. The van der Waals surface area contributed by atoms with Crippen molar-refractivity contribution in [3.05, 3.63) is 23.4 Å². The lowest BCUT2D eigenvalue weighted by Crippen LogP contribution is -2.24. The molecule has 0 atom stereocenters. The average molecular weight is 283 g/mol. The van der Waals surface area contributed by atoms with E-state index in [-0.39, 0.29) is 16.8 Å². The summed E-state index contributed by atoms with van der Waals surface area (Å²) in [6.45, 7) is 2.64. The zero-order valence-electron chi connectivity index (χ0n) is 11.2. The lowest BCUT2D eigenvalue weighted by Gasteiger charge is -2.24.